The number of nitrogens with one attached hydrogen (secondary N) is 1. The highest BCUT2D eigenvalue weighted by atomic mass is 16.5. The van der Waals surface area contributed by atoms with Crippen LogP contribution in [0.3, 0.4) is 0 Å². The number of ether oxygens (including phenoxy) is 4. The van der Waals surface area contributed by atoms with Gasteiger partial charge < -0.3 is 18.9 Å². The van der Waals surface area contributed by atoms with Crippen LogP contribution in [-0.2, 0) is 0 Å². The fourth-order valence-corrected chi connectivity index (χ4v) is 3.48. The first-order valence-corrected chi connectivity index (χ1v) is 10.8. The first-order valence-electron chi connectivity index (χ1n) is 10.8. The minimum absolute atomic E-state index is 0.347. The lowest BCUT2D eigenvalue weighted by atomic mass is 10.1. The summed E-state index contributed by atoms with van der Waals surface area (Å²) in [5.41, 5.74) is 7.00. The molecule has 0 aliphatic rings. The van der Waals surface area contributed by atoms with E-state index < -0.39 is 0 Å². The van der Waals surface area contributed by atoms with E-state index >= 15 is 0 Å². The second-order valence-corrected chi connectivity index (χ2v) is 7.38. The van der Waals surface area contributed by atoms with Crippen LogP contribution in [0, 0.1) is 0 Å². The molecule has 0 aliphatic carbocycles. The molecule has 1 N–H and O–H groups in total. The highest BCUT2D eigenvalue weighted by Gasteiger charge is 2.12. The van der Waals surface area contributed by atoms with Gasteiger partial charge in [-0.1, -0.05) is 30.3 Å². The third-order valence-corrected chi connectivity index (χ3v) is 5.28. The molecule has 0 fully saturated rings. The molecule has 1 heterocycles. The lowest BCUT2D eigenvalue weighted by Gasteiger charge is -2.11. The lowest BCUT2D eigenvalue weighted by molar-refractivity contribution is 0.355. The van der Waals surface area contributed by atoms with E-state index in [-0.39, 0.29) is 0 Å². The molecule has 0 saturated carbocycles. The zero-order valence-electron chi connectivity index (χ0n) is 20.0. The van der Waals surface area contributed by atoms with Crippen molar-refractivity contribution in [2.45, 2.75) is 0 Å². The number of anilines is 1. The molecule has 178 valence electrons. The summed E-state index contributed by atoms with van der Waals surface area (Å²) in [7, 11) is 6.41. The molecular formula is C27H26N4O4. The fourth-order valence-electron chi connectivity index (χ4n) is 3.48. The molecule has 1 aromatic heterocycles. The third-order valence-electron chi connectivity index (χ3n) is 5.28. The Morgan fingerprint density at radius 1 is 0.657 bits per heavy atom. The number of rotatable bonds is 9. The first-order chi connectivity index (χ1) is 17.1. The van der Waals surface area contributed by atoms with E-state index in [1.807, 2.05) is 66.7 Å². The Bertz CT molecular complexity index is 1330. The van der Waals surface area contributed by atoms with Crippen LogP contribution in [0.5, 0.6) is 23.0 Å². The zero-order chi connectivity index (χ0) is 24.6. The highest BCUT2D eigenvalue weighted by Crippen LogP contribution is 2.33. The van der Waals surface area contributed by atoms with Crippen LogP contribution in [0.2, 0.25) is 0 Å². The van der Waals surface area contributed by atoms with Gasteiger partial charge in [0.05, 0.1) is 46.0 Å². The Morgan fingerprint density at radius 3 is 2.06 bits per heavy atom. The van der Waals surface area contributed by atoms with Gasteiger partial charge in [-0.25, -0.2) is 15.4 Å². The smallest absolute Gasteiger partial charge is 0.244 e. The lowest BCUT2D eigenvalue weighted by Crippen LogP contribution is -2.01. The topological polar surface area (TPSA) is 87.1 Å². The summed E-state index contributed by atoms with van der Waals surface area (Å²) in [6.45, 7) is 0. The standard InChI is InChI=1S/C27H26N4O4/c1-32-21-12-10-20(25(15-21)34-3)17-28-31-27-29-22(18-8-6-5-7-9-18)16-23(30-27)19-11-13-24(33-2)26(14-19)35-4/h5-17H,1-4H3,(H,29,30,31)/b28-17+. The Balaban J connectivity index is 1.70. The normalized spacial score (nSPS) is 10.7. The van der Waals surface area contributed by atoms with Crippen LogP contribution in [0.1, 0.15) is 5.56 Å². The van der Waals surface area contributed by atoms with Gasteiger partial charge in [-0.2, -0.15) is 5.10 Å². The predicted octanol–water partition coefficient (Wildman–Crippen LogP) is 5.29. The molecule has 0 bridgehead atoms. The summed E-state index contributed by atoms with van der Waals surface area (Å²) in [6.07, 6.45) is 1.65. The summed E-state index contributed by atoms with van der Waals surface area (Å²) in [5, 5.41) is 4.34. The van der Waals surface area contributed by atoms with Crippen molar-refractivity contribution in [3.05, 3.63) is 78.4 Å². The summed E-state index contributed by atoms with van der Waals surface area (Å²) < 4.78 is 21.5. The molecule has 0 unspecified atom stereocenters. The number of hydrazone groups is 1. The Labute approximate surface area is 204 Å². The van der Waals surface area contributed by atoms with E-state index in [4.69, 9.17) is 18.9 Å². The fraction of sp³-hybridized carbons (Fsp3) is 0.148. The Kier molecular flexibility index (Phi) is 7.42. The van der Waals surface area contributed by atoms with Gasteiger partial charge in [-0.3, -0.25) is 0 Å². The summed E-state index contributed by atoms with van der Waals surface area (Å²) in [4.78, 5) is 9.34. The van der Waals surface area contributed by atoms with Crippen molar-refractivity contribution < 1.29 is 18.9 Å². The van der Waals surface area contributed by atoms with E-state index in [0.29, 0.717) is 34.6 Å². The molecule has 35 heavy (non-hydrogen) atoms. The molecule has 0 spiro atoms. The molecule has 0 saturated heterocycles. The summed E-state index contributed by atoms with van der Waals surface area (Å²) in [6, 6.07) is 23.0. The monoisotopic (exact) mass is 470 g/mol. The number of methoxy groups -OCH3 is 4. The molecule has 8 nitrogen and oxygen atoms in total. The largest absolute Gasteiger partial charge is 0.497 e. The van der Waals surface area contributed by atoms with Crippen LogP contribution in [-0.4, -0.2) is 44.6 Å². The highest BCUT2D eigenvalue weighted by molar-refractivity contribution is 5.84. The molecule has 0 radical (unpaired) electrons. The van der Waals surface area contributed by atoms with Crippen LogP contribution in [0.25, 0.3) is 22.5 Å². The SMILES string of the molecule is COc1ccc(/C=N/Nc2nc(-c3ccccc3)cc(-c3ccc(OC)c(OC)c3)n2)c(OC)c1. The number of nitrogens with zero attached hydrogens (tertiary/aromatic N) is 3. The van der Waals surface area contributed by atoms with E-state index in [9.17, 15) is 0 Å². The molecule has 8 heteroatoms. The minimum Gasteiger partial charge on any atom is -0.497 e. The second-order valence-electron chi connectivity index (χ2n) is 7.38. The number of benzene rings is 3. The van der Waals surface area contributed by atoms with Crippen LogP contribution in [0.4, 0.5) is 5.95 Å². The van der Waals surface area contributed by atoms with Gasteiger partial charge in [0.15, 0.2) is 11.5 Å². The van der Waals surface area contributed by atoms with Gasteiger partial charge in [0.1, 0.15) is 11.5 Å². The van der Waals surface area contributed by atoms with Crippen molar-refractivity contribution in [1.29, 1.82) is 0 Å². The minimum atomic E-state index is 0.347. The Morgan fingerprint density at radius 2 is 1.37 bits per heavy atom. The molecule has 0 amide bonds. The maximum Gasteiger partial charge on any atom is 0.244 e. The first kappa shape index (κ1) is 23.6. The maximum atomic E-state index is 5.47. The molecule has 3 aromatic carbocycles. The molecular weight excluding hydrogens is 444 g/mol. The molecule has 4 aromatic rings. The maximum absolute atomic E-state index is 5.47. The second kappa shape index (κ2) is 11.0. The van der Waals surface area contributed by atoms with E-state index in [1.54, 1.807) is 40.7 Å². The quantitative estimate of drug-likeness (QED) is 0.263. The number of hydrogen-bond donors (Lipinski definition) is 1. The molecule has 0 aliphatic heterocycles. The predicted molar refractivity (Wildman–Crippen MR) is 137 cm³/mol. The number of hydrogen-bond acceptors (Lipinski definition) is 8. The van der Waals surface area contributed by atoms with Gasteiger partial charge in [0, 0.05) is 22.8 Å². The molecule has 4 rings (SSSR count). The van der Waals surface area contributed by atoms with Crippen molar-refractivity contribution in [1.82, 2.24) is 9.97 Å². The van der Waals surface area contributed by atoms with Gasteiger partial charge in [0.2, 0.25) is 5.95 Å². The van der Waals surface area contributed by atoms with Crippen molar-refractivity contribution in [2.24, 2.45) is 5.10 Å². The van der Waals surface area contributed by atoms with Gasteiger partial charge in [-0.15, -0.1) is 0 Å². The van der Waals surface area contributed by atoms with Crippen molar-refractivity contribution in [3.8, 4) is 45.5 Å². The van der Waals surface area contributed by atoms with Crippen LogP contribution in [0.15, 0.2) is 77.9 Å². The van der Waals surface area contributed by atoms with Crippen molar-refractivity contribution in [2.75, 3.05) is 33.9 Å². The summed E-state index contributed by atoms with van der Waals surface area (Å²) in [5.74, 6) is 2.94. The van der Waals surface area contributed by atoms with Crippen molar-refractivity contribution >= 4 is 12.2 Å². The Hall–Kier alpha value is -4.59. The van der Waals surface area contributed by atoms with Gasteiger partial charge in [-0.05, 0) is 36.4 Å². The van der Waals surface area contributed by atoms with E-state index in [1.165, 1.54) is 0 Å². The zero-order valence-corrected chi connectivity index (χ0v) is 20.0. The number of aromatic nitrogens is 2. The van der Waals surface area contributed by atoms with Crippen LogP contribution < -0.4 is 24.4 Å². The summed E-state index contributed by atoms with van der Waals surface area (Å²) >= 11 is 0. The van der Waals surface area contributed by atoms with E-state index in [0.717, 1.165) is 22.4 Å². The van der Waals surface area contributed by atoms with E-state index in [2.05, 4.69) is 20.5 Å². The molecule has 0 atom stereocenters. The third kappa shape index (κ3) is 5.50. The van der Waals surface area contributed by atoms with Crippen molar-refractivity contribution in [3.63, 3.8) is 0 Å². The van der Waals surface area contributed by atoms with Gasteiger partial charge >= 0.3 is 0 Å². The van der Waals surface area contributed by atoms with Crippen LogP contribution >= 0.6 is 0 Å². The average Bonchev–Trinajstić information content (AvgIpc) is 2.93. The average molecular weight is 471 g/mol. The van der Waals surface area contributed by atoms with Gasteiger partial charge in [0.25, 0.3) is 0 Å².